The summed E-state index contributed by atoms with van der Waals surface area (Å²) in [6.45, 7) is 3.48. The number of aliphatic hydroxyl groups is 2. The average Bonchev–Trinajstić information content (AvgIpc) is 2.56. The number of hydrogen-bond acceptors (Lipinski definition) is 5. The first-order valence-electron chi connectivity index (χ1n) is 7.43. The zero-order valence-corrected chi connectivity index (χ0v) is 13.9. The number of hydrogen-bond donors (Lipinski definition) is 2. The fourth-order valence-electron chi connectivity index (χ4n) is 1.91. The molecule has 1 aromatic rings. The predicted molar refractivity (Wildman–Crippen MR) is 87.3 cm³/mol. The summed E-state index contributed by atoms with van der Waals surface area (Å²) < 4.78 is 5.45. The molecular formula is C17H25NO5. The number of aliphatic hydroxyl groups excluding tert-OH is 2. The van der Waals surface area contributed by atoms with E-state index in [-0.39, 0.29) is 6.10 Å². The van der Waals surface area contributed by atoms with Gasteiger partial charge < -0.3 is 14.9 Å². The molecule has 3 atom stereocenters. The lowest BCUT2D eigenvalue weighted by Gasteiger charge is -2.28. The normalized spacial score (nSPS) is 15.6. The van der Waals surface area contributed by atoms with E-state index >= 15 is 0 Å². The van der Waals surface area contributed by atoms with Gasteiger partial charge >= 0.3 is 0 Å². The molecule has 0 aromatic heterocycles. The van der Waals surface area contributed by atoms with Crippen molar-refractivity contribution in [1.29, 1.82) is 0 Å². The molecule has 0 aliphatic heterocycles. The molecule has 6 heteroatoms. The number of carbonyl (C=O) groups excluding carboxylic acids is 1. The molecule has 0 fully saturated rings. The number of hydroxylamine groups is 2. The summed E-state index contributed by atoms with van der Waals surface area (Å²) in [6, 6.07) is 9.34. The lowest BCUT2D eigenvalue weighted by molar-refractivity contribution is -0.194. The molecule has 0 aliphatic carbocycles. The van der Waals surface area contributed by atoms with Gasteiger partial charge in [-0.2, -0.15) is 0 Å². The minimum absolute atomic E-state index is 0.297. The number of amides is 1. The number of rotatable bonds is 8. The van der Waals surface area contributed by atoms with Crippen LogP contribution in [-0.2, 0) is 14.4 Å². The second-order valence-corrected chi connectivity index (χ2v) is 5.37. The van der Waals surface area contributed by atoms with Gasteiger partial charge in [-0.3, -0.25) is 9.63 Å². The SMILES string of the molecule is CON(C)C(=O)[C@H](OC(C)C)[C@@H](O)[C@H](O)/C=C/c1ccccc1. The van der Waals surface area contributed by atoms with Crippen LogP contribution in [0.4, 0.5) is 0 Å². The van der Waals surface area contributed by atoms with Gasteiger partial charge in [-0.15, -0.1) is 0 Å². The van der Waals surface area contributed by atoms with Crippen LogP contribution >= 0.6 is 0 Å². The van der Waals surface area contributed by atoms with Crippen LogP contribution in [0.2, 0.25) is 0 Å². The summed E-state index contributed by atoms with van der Waals surface area (Å²) in [6.07, 6.45) is -1.10. The van der Waals surface area contributed by atoms with Gasteiger partial charge in [0.05, 0.1) is 13.2 Å². The third-order valence-electron chi connectivity index (χ3n) is 3.19. The zero-order valence-electron chi connectivity index (χ0n) is 13.9. The molecule has 0 spiro atoms. The topological polar surface area (TPSA) is 79.2 Å². The van der Waals surface area contributed by atoms with Gasteiger partial charge in [0.25, 0.3) is 5.91 Å². The Bertz CT molecular complexity index is 503. The van der Waals surface area contributed by atoms with Gasteiger partial charge in [-0.1, -0.05) is 42.5 Å². The Morgan fingerprint density at radius 3 is 2.35 bits per heavy atom. The van der Waals surface area contributed by atoms with E-state index in [0.29, 0.717) is 0 Å². The molecule has 0 bridgehead atoms. The van der Waals surface area contributed by atoms with Crippen LogP contribution < -0.4 is 0 Å². The highest BCUT2D eigenvalue weighted by molar-refractivity contribution is 5.80. The van der Waals surface area contributed by atoms with Gasteiger partial charge in [0.2, 0.25) is 0 Å². The molecule has 1 rings (SSSR count). The second kappa shape index (κ2) is 9.42. The molecule has 6 nitrogen and oxygen atoms in total. The Kier molecular flexibility index (Phi) is 7.91. The van der Waals surface area contributed by atoms with Gasteiger partial charge in [-0.05, 0) is 19.4 Å². The lowest BCUT2D eigenvalue weighted by atomic mass is 10.1. The van der Waals surface area contributed by atoms with E-state index in [1.807, 2.05) is 30.3 Å². The maximum atomic E-state index is 12.2. The molecular weight excluding hydrogens is 298 g/mol. The van der Waals surface area contributed by atoms with Crippen LogP contribution in [0.1, 0.15) is 19.4 Å². The zero-order chi connectivity index (χ0) is 17.4. The molecule has 0 saturated carbocycles. The van der Waals surface area contributed by atoms with Crippen molar-refractivity contribution in [3.63, 3.8) is 0 Å². The number of benzene rings is 1. The molecule has 0 unspecified atom stereocenters. The summed E-state index contributed by atoms with van der Waals surface area (Å²) in [5, 5.41) is 21.4. The minimum Gasteiger partial charge on any atom is -0.387 e. The van der Waals surface area contributed by atoms with Crippen molar-refractivity contribution in [2.45, 2.75) is 38.3 Å². The monoisotopic (exact) mass is 323 g/mol. The molecule has 23 heavy (non-hydrogen) atoms. The highest BCUT2D eigenvalue weighted by Crippen LogP contribution is 2.13. The summed E-state index contributed by atoms with van der Waals surface area (Å²) in [4.78, 5) is 17.0. The molecule has 0 heterocycles. The van der Waals surface area contributed by atoms with Gasteiger partial charge in [-0.25, -0.2) is 5.06 Å². The standard InChI is InChI=1S/C17H25NO5/c1-12(2)23-16(17(21)18(3)22-4)15(20)14(19)11-10-13-8-6-5-7-9-13/h5-12,14-16,19-20H,1-4H3/b11-10+/t14-,15+,16-/m1/s1. The summed E-state index contributed by atoms with van der Waals surface area (Å²) in [5.41, 5.74) is 0.875. The average molecular weight is 323 g/mol. The number of likely N-dealkylation sites (N-methyl/N-ethyl adjacent to an activating group) is 1. The van der Waals surface area contributed by atoms with Crippen molar-refractivity contribution < 1.29 is 24.6 Å². The fraction of sp³-hybridized carbons (Fsp3) is 0.471. The van der Waals surface area contributed by atoms with Crippen LogP contribution in [0, 0.1) is 0 Å². The Balaban J connectivity index is 2.84. The predicted octanol–water partition coefficient (Wildman–Crippen LogP) is 1.23. The maximum absolute atomic E-state index is 12.2. The third kappa shape index (κ3) is 6.11. The lowest BCUT2D eigenvalue weighted by Crippen LogP contribution is -2.49. The van der Waals surface area contributed by atoms with Crippen molar-refractivity contribution in [2.75, 3.05) is 14.2 Å². The smallest absolute Gasteiger partial charge is 0.277 e. The number of carbonyl (C=O) groups is 1. The number of nitrogens with zero attached hydrogens (tertiary/aromatic N) is 1. The molecule has 0 radical (unpaired) electrons. The third-order valence-corrected chi connectivity index (χ3v) is 3.19. The summed E-state index contributed by atoms with van der Waals surface area (Å²) in [5.74, 6) is -0.569. The van der Waals surface area contributed by atoms with Crippen molar-refractivity contribution in [2.24, 2.45) is 0 Å². The van der Waals surface area contributed by atoms with Gasteiger partial charge in [0.1, 0.15) is 12.2 Å². The van der Waals surface area contributed by atoms with E-state index < -0.39 is 24.2 Å². The Labute approximate surface area is 136 Å². The van der Waals surface area contributed by atoms with E-state index in [9.17, 15) is 15.0 Å². The fourth-order valence-corrected chi connectivity index (χ4v) is 1.91. The first-order chi connectivity index (χ1) is 10.9. The molecule has 128 valence electrons. The Hall–Kier alpha value is -1.73. The Morgan fingerprint density at radius 2 is 1.83 bits per heavy atom. The van der Waals surface area contributed by atoms with E-state index in [1.165, 1.54) is 20.2 Å². The number of ether oxygens (including phenoxy) is 1. The van der Waals surface area contributed by atoms with E-state index in [2.05, 4.69) is 0 Å². The van der Waals surface area contributed by atoms with E-state index in [0.717, 1.165) is 10.6 Å². The maximum Gasteiger partial charge on any atom is 0.277 e. The van der Waals surface area contributed by atoms with E-state index in [1.54, 1.807) is 19.9 Å². The van der Waals surface area contributed by atoms with Gasteiger partial charge in [0, 0.05) is 7.05 Å². The molecule has 2 N–H and O–H groups in total. The second-order valence-electron chi connectivity index (χ2n) is 5.37. The minimum atomic E-state index is -1.41. The van der Waals surface area contributed by atoms with Crippen molar-refractivity contribution >= 4 is 12.0 Å². The molecule has 1 amide bonds. The summed E-state index contributed by atoms with van der Waals surface area (Å²) >= 11 is 0. The van der Waals surface area contributed by atoms with Crippen LogP contribution in [0.3, 0.4) is 0 Å². The van der Waals surface area contributed by atoms with Crippen LogP contribution in [0.5, 0.6) is 0 Å². The van der Waals surface area contributed by atoms with Crippen molar-refractivity contribution in [1.82, 2.24) is 5.06 Å². The largest absolute Gasteiger partial charge is 0.387 e. The molecule has 1 aromatic carbocycles. The first kappa shape index (κ1) is 19.3. The highest BCUT2D eigenvalue weighted by atomic mass is 16.7. The van der Waals surface area contributed by atoms with Crippen LogP contribution in [0.15, 0.2) is 36.4 Å². The van der Waals surface area contributed by atoms with Crippen LogP contribution in [-0.4, -0.2) is 59.8 Å². The quantitative estimate of drug-likeness (QED) is 0.704. The van der Waals surface area contributed by atoms with Crippen molar-refractivity contribution in [3.05, 3.63) is 42.0 Å². The molecule has 0 aliphatic rings. The Morgan fingerprint density at radius 1 is 1.22 bits per heavy atom. The first-order valence-corrected chi connectivity index (χ1v) is 7.43. The van der Waals surface area contributed by atoms with E-state index in [4.69, 9.17) is 9.57 Å². The highest BCUT2D eigenvalue weighted by Gasteiger charge is 2.35. The molecule has 0 saturated heterocycles. The van der Waals surface area contributed by atoms with Crippen molar-refractivity contribution in [3.8, 4) is 0 Å². The summed E-state index contributed by atoms with van der Waals surface area (Å²) in [7, 11) is 2.75. The van der Waals surface area contributed by atoms with Crippen LogP contribution in [0.25, 0.3) is 6.08 Å². The van der Waals surface area contributed by atoms with Gasteiger partial charge in [0.15, 0.2) is 6.10 Å².